The first kappa shape index (κ1) is 20.1. The largest absolute Gasteiger partial charge is 0.493 e. The van der Waals surface area contributed by atoms with Gasteiger partial charge in [0.1, 0.15) is 11.7 Å². The molecule has 2 aromatic carbocycles. The van der Waals surface area contributed by atoms with Gasteiger partial charge in [-0.2, -0.15) is 0 Å². The highest BCUT2D eigenvalue weighted by Crippen LogP contribution is 2.33. The lowest BCUT2D eigenvalue weighted by Gasteiger charge is -2.28. The standard InChI is InChI=1S/C22H22N2O5/c1-14(16-8-6-5-7-9-16)29-18-11-10-15(13-19(18)28-4)12-17-20(25)23(2)22(27)24(3)21(17)26/h5-14H,1-4H3/t14-/m1/s1. The van der Waals surface area contributed by atoms with Gasteiger partial charge in [0.05, 0.1) is 7.11 Å². The Morgan fingerprint density at radius 1 is 0.897 bits per heavy atom. The van der Waals surface area contributed by atoms with E-state index in [4.69, 9.17) is 9.47 Å². The molecule has 1 saturated heterocycles. The van der Waals surface area contributed by atoms with Crippen LogP contribution >= 0.6 is 0 Å². The zero-order valence-electron chi connectivity index (χ0n) is 16.7. The van der Waals surface area contributed by atoms with Gasteiger partial charge in [0.2, 0.25) is 0 Å². The summed E-state index contributed by atoms with van der Waals surface area (Å²) in [7, 11) is 4.19. The van der Waals surface area contributed by atoms with Gasteiger partial charge in [-0.15, -0.1) is 0 Å². The fraction of sp³-hybridized carbons (Fsp3) is 0.227. The van der Waals surface area contributed by atoms with Crippen molar-refractivity contribution in [2.45, 2.75) is 13.0 Å². The van der Waals surface area contributed by atoms with Gasteiger partial charge < -0.3 is 9.47 Å². The lowest BCUT2D eigenvalue weighted by molar-refractivity contribution is -0.134. The van der Waals surface area contributed by atoms with E-state index < -0.39 is 17.8 Å². The number of carbonyl (C=O) groups is 3. The van der Waals surface area contributed by atoms with Crippen LogP contribution in [0.4, 0.5) is 4.79 Å². The molecule has 0 unspecified atom stereocenters. The van der Waals surface area contributed by atoms with E-state index in [-0.39, 0.29) is 11.7 Å². The molecule has 1 heterocycles. The number of carbonyl (C=O) groups excluding carboxylic acids is 3. The Kier molecular flexibility index (Phi) is 5.68. The van der Waals surface area contributed by atoms with Crippen LogP contribution in [-0.4, -0.2) is 48.9 Å². The fourth-order valence-electron chi connectivity index (χ4n) is 3.00. The van der Waals surface area contributed by atoms with E-state index in [0.717, 1.165) is 15.4 Å². The van der Waals surface area contributed by atoms with Crippen LogP contribution in [0.25, 0.3) is 6.08 Å². The van der Waals surface area contributed by atoms with Crippen molar-refractivity contribution in [1.82, 2.24) is 9.80 Å². The molecule has 29 heavy (non-hydrogen) atoms. The first-order valence-electron chi connectivity index (χ1n) is 9.05. The summed E-state index contributed by atoms with van der Waals surface area (Å²) in [5.74, 6) is -0.280. The SMILES string of the molecule is COc1cc(C=C2C(=O)N(C)C(=O)N(C)C2=O)ccc1O[C@H](C)c1ccccc1. The molecule has 0 N–H and O–H groups in total. The first-order chi connectivity index (χ1) is 13.8. The van der Waals surface area contributed by atoms with Gasteiger partial charge >= 0.3 is 6.03 Å². The Balaban J connectivity index is 1.89. The zero-order valence-corrected chi connectivity index (χ0v) is 16.7. The van der Waals surface area contributed by atoms with Gasteiger partial charge in [0, 0.05) is 14.1 Å². The second-order valence-corrected chi connectivity index (χ2v) is 6.65. The third-order valence-electron chi connectivity index (χ3n) is 4.72. The number of urea groups is 1. The molecule has 2 aromatic rings. The first-order valence-corrected chi connectivity index (χ1v) is 9.05. The summed E-state index contributed by atoms with van der Waals surface area (Å²) in [5.41, 5.74) is 1.51. The molecule has 0 radical (unpaired) electrons. The van der Waals surface area contributed by atoms with E-state index in [1.165, 1.54) is 27.3 Å². The number of nitrogens with zero attached hydrogens (tertiary/aromatic N) is 2. The molecule has 0 spiro atoms. The number of barbiturate groups is 1. The van der Waals surface area contributed by atoms with Crippen molar-refractivity contribution in [1.29, 1.82) is 0 Å². The molecule has 4 amide bonds. The molecule has 0 bridgehead atoms. The zero-order chi connectivity index (χ0) is 21.1. The van der Waals surface area contributed by atoms with Crippen LogP contribution in [0, 0.1) is 0 Å². The molecule has 150 valence electrons. The van der Waals surface area contributed by atoms with Gasteiger partial charge in [-0.25, -0.2) is 4.79 Å². The van der Waals surface area contributed by atoms with E-state index in [9.17, 15) is 14.4 Å². The molecule has 7 nitrogen and oxygen atoms in total. The number of hydrogen-bond acceptors (Lipinski definition) is 5. The summed E-state index contributed by atoms with van der Waals surface area (Å²) >= 11 is 0. The van der Waals surface area contributed by atoms with Crippen LogP contribution in [0.1, 0.15) is 24.2 Å². The number of methoxy groups -OCH3 is 1. The number of hydrogen-bond donors (Lipinski definition) is 0. The molecule has 0 aromatic heterocycles. The molecule has 1 aliphatic rings. The maximum Gasteiger partial charge on any atom is 0.333 e. The highest BCUT2D eigenvalue weighted by molar-refractivity contribution is 6.30. The average Bonchev–Trinajstić information content (AvgIpc) is 2.75. The number of rotatable bonds is 5. The Morgan fingerprint density at radius 2 is 1.52 bits per heavy atom. The number of ether oxygens (including phenoxy) is 2. The molecular formula is C22H22N2O5. The van der Waals surface area contributed by atoms with Crippen molar-refractivity contribution in [2.24, 2.45) is 0 Å². The predicted octanol–water partition coefficient (Wildman–Crippen LogP) is 3.27. The summed E-state index contributed by atoms with van der Waals surface area (Å²) < 4.78 is 11.4. The van der Waals surface area contributed by atoms with Crippen molar-refractivity contribution in [3.05, 3.63) is 65.2 Å². The maximum atomic E-state index is 12.4. The van der Waals surface area contributed by atoms with Gasteiger partial charge in [-0.1, -0.05) is 36.4 Å². The molecule has 1 aliphatic heterocycles. The van der Waals surface area contributed by atoms with Crippen LogP contribution in [0.2, 0.25) is 0 Å². The minimum absolute atomic E-state index is 0.0945. The van der Waals surface area contributed by atoms with Crippen LogP contribution < -0.4 is 9.47 Å². The minimum atomic E-state index is -0.659. The normalized spacial score (nSPS) is 15.4. The Morgan fingerprint density at radius 3 is 2.10 bits per heavy atom. The van der Waals surface area contributed by atoms with Gasteiger partial charge in [-0.3, -0.25) is 19.4 Å². The molecule has 1 atom stereocenters. The van der Waals surface area contributed by atoms with Crippen molar-refractivity contribution in [3.63, 3.8) is 0 Å². The van der Waals surface area contributed by atoms with Crippen LogP contribution in [-0.2, 0) is 9.59 Å². The molecule has 7 heteroatoms. The molecule has 3 rings (SSSR count). The van der Waals surface area contributed by atoms with E-state index in [2.05, 4.69) is 0 Å². The predicted molar refractivity (Wildman–Crippen MR) is 107 cm³/mol. The third-order valence-corrected chi connectivity index (χ3v) is 4.72. The molecule has 0 aliphatic carbocycles. The maximum absolute atomic E-state index is 12.4. The lowest BCUT2D eigenvalue weighted by atomic mass is 10.1. The quantitative estimate of drug-likeness (QED) is 0.575. The summed E-state index contributed by atoms with van der Waals surface area (Å²) in [6, 6.07) is 14.2. The van der Waals surface area contributed by atoms with E-state index in [1.54, 1.807) is 18.2 Å². The smallest absolute Gasteiger partial charge is 0.333 e. The summed E-state index contributed by atoms with van der Waals surface area (Å²) in [4.78, 5) is 38.4. The van der Waals surface area contributed by atoms with E-state index in [0.29, 0.717) is 17.1 Å². The Bertz CT molecular complexity index is 958. The van der Waals surface area contributed by atoms with E-state index >= 15 is 0 Å². The van der Waals surface area contributed by atoms with Crippen molar-refractivity contribution in [3.8, 4) is 11.5 Å². The molecule has 0 saturated carbocycles. The Hall–Kier alpha value is -3.61. The number of likely N-dealkylation sites (N-methyl/N-ethyl adjacent to an activating group) is 2. The number of imide groups is 2. The Labute approximate surface area is 169 Å². The second-order valence-electron chi connectivity index (χ2n) is 6.65. The van der Waals surface area contributed by atoms with Crippen molar-refractivity contribution in [2.75, 3.05) is 21.2 Å². The van der Waals surface area contributed by atoms with Crippen LogP contribution in [0.5, 0.6) is 11.5 Å². The molecule has 1 fully saturated rings. The van der Waals surface area contributed by atoms with E-state index in [1.807, 2.05) is 37.3 Å². The van der Waals surface area contributed by atoms with Gasteiger partial charge in [-0.05, 0) is 36.3 Å². The highest BCUT2D eigenvalue weighted by atomic mass is 16.5. The summed E-state index contributed by atoms with van der Waals surface area (Å²) in [5, 5.41) is 0. The summed E-state index contributed by atoms with van der Waals surface area (Å²) in [6.45, 7) is 1.94. The van der Waals surface area contributed by atoms with Crippen molar-refractivity contribution >= 4 is 23.9 Å². The monoisotopic (exact) mass is 394 g/mol. The topological polar surface area (TPSA) is 76.2 Å². The number of amides is 4. The second kappa shape index (κ2) is 8.18. The van der Waals surface area contributed by atoms with Gasteiger partial charge in [0.15, 0.2) is 11.5 Å². The number of benzene rings is 2. The molecular weight excluding hydrogens is 372 g/mol. The highest BCUT2D eigenvalue weighted by Gasteiger charge is 2.37. The van der Waals surface area contributed by atoms with Gasteiger partial charge in [0.25, 0.3) is 11.8 Å². The minimum Gasteiger partial charge on any atom is -0.493 e. The average molecular weight is 394 g/mol. The van der Waals surface area contributed by atoms with Crippen LogP contribution in [0.15, 0.2) is 54.1 Å². The van der Waals surface area contributed by atoms with Crippen LogP contribution in [0.3, 0.4) is 0 Å². The van der Waals surface area contributed by atoms with Crippen molar-refractivity contribution < 1.29 is 23.9 Å². The fourth-order valence-corrected chi connectivity index (χ4v) is 3.00. The summed E-state index contributed by atoms with van der Waals surface area (Å²) in [6.07, 6.45) is 1.25. The third kappa shape index (κ3) is 3.99. The lowest BCUT2D eigenvalue weighted by Crippen LogP contribution is -2.52.